The zero-order valence-electron chi connectivity index (χ0n) is 26.1. The molecule has 2 saturated heterocycles. The molecule has 4 aliphatic rings. The molecule has 3 amide bonds. The molecule has 2 aromatic rings. The standard InChI is InChI=1S/C35H40ClN3O5S/c1-5-22(3)27(21-40)39-30-33(43)38(26-12-8-7-11-25(26)36)20-10-18-35(30)29(32(39)42)28-31(41)37(19-9-17-34(28,4)45-35)23-13-15-24(16-14-23)44-6-2/h7-18,22,27-30,40H,5-6,19-21H2,1-4H3/t22-,27-,28+,29-,30?,34-,35-/m0/s1. The SMILES string of the molecule is CCOc1ccc(N2CC=C[C@]3(C)S[C@]45C=CCN(c6ccccc6Cl)C(=O)C4N([C@@H](CO)[C@@H](C)CC)C(=O)[C@@H]5[C@@H]3C2=O)cc1. The molecule has 10 heteroatoms. The second-order valence-electron chi connectivity index (χ2n) is 12.5. The Morgan fingerprint density at radius 3 is 2.31 bits per heavy atom. The van der Waals surface area contributed by atoms with E-state index in [1.165, 1.54) is 11.8 Å². The fourth-order valence-corrected chi connectivity index (χ4v) is 10.0. The van der Waals surface area contributed by atoms with Crippen molar-refractivity contribution >= 4 is 52.5 Å². The molecular weight excluding hydrogens is 610 g/mol. The number of hydrogen-bond acceptors (Lipinski definition) is 6. The Hall–Kier alpha value is -3.27. The molecule has 1 unspecified atom stereocenters. The maximum Gasteiger partial charge on any atom is 0.251 e. The third-order valence-electron chi connectivity index (χ3n) is 9.94. The van der Waals surface area contributed by atoms with Gasteiger partial charge in [0, 0.05) is 23.5 Å². The Balaban J connectivity index is 1.48. The first-order chi connectivity index (χ1) is 21.6. The minimum atomic E-state index is -1.04. The van der Waals surface area contributed by atoms with Gasteiger partial charge in [-0.25, -0.2) is 0 Å². The van der Waals surface area contributed by atoms with Crippen molar-refractivity contribution in [3.8, 4) is 5.75 Å². The van der Waals surface area contributed by atoms with E-state index in [0.717, 1.165) is 0 Å². The Bertz CT molecular complexity index is 1550. The van der Waals surface area contributed by atoms with Crippen molar-refractivity contribution < 1.29 is 24.2 Å². The van der Waals surface area contributed by atoms with Gasteiger partial charge >= 0.3 is 0 Å². The van der Waals surface area contributed by atoms with Gasteiger partial charge in [0.2, 0.25) is 11.8 Å². The molecule has 2 aromatic carbocycles. The largest absolute Gasteiger partial charge is 0.494 e. The molecule has 4 aliphatic heterocycles. The predicted octanol–water partition coefficient (Wildman–Crippen LogP) is 5.34. The van der Waals surface area contributed by atoms with Crippen molar-refractivity contribution in [2.75, 3.05) is 36.1 Å². The van der Waals surface area contributed by atoms with E-state index >= 15 is 0 Å². The molecule has 0 aliphatic carbocycles. The minimum absolute atomic E-state index is 0.0786. The Morgan fingerprint density at radius 2 is 1.64 bits per heavy atom. The Morgan fingerprint density at radius 1 is 0.956 bits per heavy atom. The lowest BCUT2D eigenvalue weighted by Gasteiger charge is -2.41. The first-order valence-electron chi connectivity index (χ1n) is 15.7. The molecule has 0 radical (unpaired) electrons. The number of ether oxygens (including phenoxy) is 1. The number of fused-ring (bicyclic) bond motifs is 2. The van der Waals surface area contributed by atoms with E-state index in [4.69, 9.17) is 16.3 Å². The van der Waals surface area contributed by atoms with Crippen LogP contribution in [0, 0.1) is 17.8 Å². The molecule has 1 spiro atoms. The van der Waals surface area contributed by atoms with Crippen LogP contribution in [-0.2, 0) is 14.4 Å². The Labute approximate surface area is 274 Å². The monoisotopic (exact) mass is 649 g/mol. The summed E-state index contributed by atoms with van der Waals surface area (Å²) in [4.78, 5) is 49.5. The lowest BCUT2D eigenvalue weighted by molar-refractivity contribution is -0.143. The number of nitrogens with zero attached hydrogens (tertiary/aromatic N) is 3. The number of likely N-dealkylation sites (tertiary alicyclic amines) is 1. The molecule has 6 rings (SSSR count). The van der Waals surface area contributed by atoms with E-state index in [2.05, 4.69) is 0 Å². The van der Waals surface area contributed by atoms with Crippen LogP contribution in [0.3, 0.4) is 0 Å². The van der Waals surface area contributed by atoms with E-state index < -0.39 is 33.4 Å². The molecule has 0 aromatic heterocycles. The van der Waals surface area contributed by atoms with Crippen molar-refractivity contribution in [3.63, 3.8) is 0 Å². The number of carbonyl (C=O) groups is 3. The van der Waals surface area contributed by atoms with Gasteiger partial charge < -0.3 is 24.5 Å². The molecule has 0 bridgehead atoms. The maximum absolute atomic E-state index is 14.9. The number of amides is 3. The molecular formula is C35H40ClN3O5S. The van der Waals surface area contributed by atoms with Crippen LogP contribution in [-0.4, -0.2) is 75.6 Å². The number of benzene rings is 2. The van der Waals surface area contributed by atoms with Gasteiger partial charge in [-0.05, 0) is 56.2 Å². The molecule has 8 nitrogen and oxygen atoms in total. The van der Waals surface area contributed by atoms with Crippen LogP contribution in [0.2, 0.25) is 5.02 Å². The highest BCUT2D eigenvalue weighted by Gasteiger charge is 2.74. The van der Waals surface area contributed by atoms with E-state index in [0.29, 0.717) is 41.7 Å². The normalized spacial score (nSPS) is 30.5. The van der Waals surface area contributed by atoms with Gasteiger partial charge in [-0.15, -0.1) is 11.8 Å². The zero-order valence-corrected chi connectivity index (χ0v) is 27.6. The van der Waals surface area contributed by atoms with Gasteiger partial charge in [-0.1, -0.05) is 68.3 Å². The zero-order chi connectivity index (χ0) is 32.1. The van der Waals surface area contributed by atoms with Crippen molar-refractivity contribution in [1.29, 1.82) is 0 Å². The summed E-state index contributed by atoms with van der Waals surface area (Å²) < 4.78 is 3.83. The summed E-state index contributed by atoms with van der Waals surface area (Å²) in [6.07, 6.45) is 8.67. The van der Waals surface area contributed by atoms with Gasteiger partial charge in [0.15, 0.2) is 0 Å². The van der Waals surface area contributed by atoms with Crippen LogP contribution in [0.4, 0.5) is 11.4 Å². The molecule has 238 valence electrons. The van der Waals surface area contributed by atoms with Crippen LogP contribution in [0.25, 0.3) is 0 Å². The Kier molecular flexibility index (Phi) is 8.56. The van der Waals surface area contributed by atoms with Gasteiger partial charge in [0.05, 0.1) is 46.5 Å². The van der Waals surface area contributed by atoms with E-state index in [9.17, 15) is 19.5 Å². The van der Waals surface area contributed by atoms with Gasteiger partial charge in [-0.2, -0.15) is 0 Å². The number of halogens is 1. The van der Waals surface area contributed by atoms with Crippen molar-refractivity contribution in [2.45, 2.75) is 55.7 Å². The highest BCUT2D eigenvalue weighted by molar-refractivity contribution is 8.02. The molecule has 7 atom stereocenters. The molecule has 1 N–H and O–H groups in total. The average Bonchev–Trinajstić information content (AvgIpc) is 3.30. The van der Waals surface area contributed by atoms with Crippen molar-refractivity contribution in [2.24, 2.45) is 17.8 Å². The number of thioether (sulfide) groups is 1. The van der Waals surface area contributed by atoms with Crippen molar-refractivity contribution in [1.82, 2.24) is 4.90 Å². The highest BCUT2D eigenvalue weighted by Crippen LogP contribution is 2.66. The maximum atomic E-state index is 14.9. The summed E-state index contributed by atoms with van der Waals surface area (Å²) in [5.41, 5.74) is 1.28. The topological polar surface area (TPSA) is 90.4 Å². The smallest absolute Gasteiger partial charge is 0.251 e. The third kappa shape index (κ3) is 4.98. The summed E-state index contributed by atoms with van der Waals surface area (Å²) >= 11 is 8.14. The van der Waals surface area contributed by atoms with Crippen molar-refractivity contribution in [3.05, 3.63) is 77.9 Å². The summed E-state index contributed by atoms with van der Waals surface area (Å²) in [5.74, 6) is -1.62. The van der Waals surface area contributed by atoms with Gasteiger partial charge in [0.25, 0.3) is 5.91 Å². The number of para-hydroxylation sites is 1. The summed E-state index contributed by atoms with van der Waals surface area (Å²) in [6.45, 7) is 8.81. The lowest BCUT2D eigenvalue weighted by Crippen LogP contribution is -2.58. The quantitative estimate of drug-likeness (QED) is 0.389. The van der Waals surface area contributed by atoms with E-state index in [-0.39, 0.29) is 36.8 Å². The fourth-order valence-electron chi connectivity index (χ4n) is 7.64. The fraction of sp³-hybridized carbons (Fsp3) is 0.457. The van der Waals surface area contributed by atoms with Crippen LogP contribution in [0.5, 0.6) is 5.75 Å². The van der Waals surface area contributed by atoms with Crippen LogP contribution in [0.1, 0.15) is 34.1 Å². The molecule has 4 heterocycles. The first-order valence-corrected chi connectivity index (χ1v) is 16.9. The number of aliphatic hydroxyl groups is 1. The molecule has 45 heavy (non-hydrogen) atoms. The van der Waals surface area contributed by atoms with E-state index in [1.54, 1.807) is 26.8 Å². The molecule has 2 fully saturated rings. The summed E-state index contributed by atoms with van der Waals surface area (Å²) in [6, 6.07) is 13.1. The predicted molar refractivity (Wildman–Crippen MR) is 179 cm³/mol. The van der Waals surface area contributed by atoms with Gasteiger partial charge in [-0.3, -0.25) is 14.4 Å². The second-order valence-corrected chi connectivity index (χ2v) is 14.7. The lowest BCUT2D eigenvalue weighted by atomic mass is 9.74. The van der Waals surface area contributed by atoms with Gasteiger partial charge in [0.1, 0.15) is 11.8 Å². The van der Waals surface area contributed by atoms with Crippen LogP contribution >= 0.6 is 23.4 Å². The van der Waals surface area contributed by atoms with Crippen LogP contribution in [0.15, 0.2) is 72.8 Å². The number of aliphatic hydroxyl groups excluding tert-OH is 1. The second kappa shape index (κ2) is 12.2. The first kappa shape index (κ1) is 31.7. The third-order valence-corrected chi connectivity index (χ3v) is 12.1. The number of anilines is 2. The van der Waals surface area contributed by atoms with E-state index in [1.807, 2.05) is 88.4 Å². The average molecular weight is 650 g/mol. The van der Waals surface area contributed by atoms with Crippen LogP contribution < -0.4 is 14.5 Å². The highest BCUT2D eigenvalue weighted by atomic mass is 35.5. The molecule has 0 saturated carbocycles. The number of carbonyl (C=O) groups excluding carboxylic acids is 3. The number of hydrogen-bond donors (Lipinski definition) is 1. The number of rotatable bonds is 8. The summed E-state index contributed by atoms with van der Waals surface area (Å²) in [7, 11) is 0. The minimum Gasteiger partial charge on any atom is -0.494 e. The summed E-state index contributed by atoms with van der Waals surface area (Å²) in [5, 5.41) is 11.1.